The predicted molar refractivity (Wildman–Crippen MR) is 123 cm³/mol. The number of nitriles is 1. The Balaban J connectivity index is 1.85. The third-order valence-corrected chi connectivity index (χ3v) is 4.96. The zero-order valence-corrected chi connectivity index (χ0v) is 18.4. The molecule has 0 fully saturated rings. The molecule has 0 saturated carbocycles. The number of hydrogen-bond acceptors (Lipinski definition) is 7. The highest BCUT2D eigenvalue weighted by atomic mass is 16.5. The molecule has 174 valence electrons. The molecule has 0 spiro atoms. The second-order valence-corrected chi connectivity index (χ2v) is 7.41. The summed E-state index contributed by atoms with van der Waals surface area (Å²) < 4.78 is 6.52. The number of carboxylic acid groups (broad SMARTS) is 1. The Bertz CT molecular complexity index is 1270. The second-order valence-electron chi connectivity index (χ2n) is 7.41. The van der Waals surface area contributed by atoms with Gasteiger partial charge in [0.25, 0.3) is 5.91 Å². The molecule has 0 radical (unpaired) electrons. The third kappa shape index (κ3) is 5.58. The van der Waals surface area contributed by atoms with Gasteiger partial charge in [-0.1, -0.05) is 18.2 Å². The van der Waals surface area contributed by atoms with Crippen molar-refractivity contribution in [1.29, 1.82) is 5.26 Å². The summed E-state index contributed by atoms with van der Waals surface area (Å²) in [5, 5.41) is 24.4. The van der Waals surface area contributed by atoms with Crippen molar-refractivity contribution in [2.24, 2.45) is 0 Å². The van der Waals surface area contributed by atoms with Gasteiger partial charge < -0.3 is 20.9 Å². The number of nitrogens with one attached hydrogen (secondary N) is 1. The molecule has 1 heterocycles. The number of nitrogens with two attached hydrogens (primary N) is 1. The molecule has 0 saturated heterocycles. The van der Waals surface area contributed by atoms with Gasteiger partial charge in [-0.3, -0.25) is 9.59 Å². The lowest BCUT2D eigenvalue weighted by Crippen LogP contribution is -2.24. The topological polar surface area (TPSA) is 160 Å². The molecular weight excluding hydrogens is 438 g/mol. The van der Waals surface area contributed by atoms with E-state index in [-0.39, 0.29) is 28.6 Å². The number of carbonyl (C=O) groups is 3. The number of aryl methyl sites for hydroxylation is 1. The first-order chi connectivity index (χ1) is 16.3. The van der Waals surface area contributed by atoms with Crippen molar-refractivity contribution in [3.8, 4) is 17.5 Å². The van der Waals surface area contributed by atoms with Gasteiger partial charge in [0.1, 0.15) is 11.6 Å². The van der Waals surface area contributed by atoms with Crippen molar-refractivity contribution in [3.05, 3.63) is 70.9 Å². The molecule has 0 aliphatic carbocycles. The summed E-state index contributed by atoms with van der Waals surface area (Å²) in [4.78, 5) is 36.2. The van der Waals surface area contributed by atoms with Crippen LogP contribution < -0.4 is 15.8 Å². The molecule has 1 amide bonds. The predicted octanol–water partition coefficient (Wildman–Crippen LogP) is 2.49. The molecule has 0 bridgehead atoms. The zero-order valence-electron chi connectivity index (χ0n) is 18.4. The summed E-state index contributed by atoms with van der Waals surface area (Å²) in [5.41, 5.74) is 8.40. The van der Waals surface area contributed by atoms with Gasteiger partial charge >= 0.3 is 5.97 Å². The molecule has 2 aromatic carbocycles. The van der Waals surface area contributed by atoms with Crippen LogP contribution in [0.3, 0.4) is 0 Å². The van der Waals surface area contributed by atoms with Crippen LogP contribution >= 0.6 is 0 Å². The van der Waals surface area contributed by atoms with E-state index in [0.29, 0.717) is 30.6 Å². The normalized spacial score (nSPS) is 10.4. The molecule has 0 aliphatic rings. The number of carboxylic acids is 1. The molecule has 10 nitrogen and oxygen atoms in total. The standard InChI is InChI=1S/C24H23N5O5/c1-15-7-8-17(24(33)27-10-3-2-9-25)12-20(15)29-23(26)19(13-28-29)22(32)16-5-4-6-18(11-16)34-14-21(30)31/h4-8,11-13H,2-3,10,14,26H2,1H3,(H,27,33)(H,30,31). The van der Waals surface area contributed by atoms with E-state index in [2.05, 4.69) is 10.4 Å². The van der Waals surface area contributed by atoms with Crippen molar-refractivity contribution in [2.75, 3.05) is 18.9 Å². The van der Waals surface area contributed by atoms with Crippen LogP contribution in [-0.2, 0) is 4.79 Å². The maximum Gasteiger partial charge on any atom is 0.341 e. The summed E-state index contributed by atoms with van der Waals surface area (Å²) in [7, 11) is 0. The quantitative estimate of drug-likeness (QED) is 0.306. The van der Waals surface area contributed by atoms with Gasteiger partial charge in [-0.25, -0.2) is 9.48 Å². The lowest BCUT2D eigenvalue weighted by molar-refractivity contribution is -0.139. The minimum absolute atomic E-state index is 0.0940. The second kappa shape index (κ2) is 10.8. The van der Waals surface area contributed by atoms with Crippen LogP contribution in [0, 0.1) is 18.3 Å². The van der Waals surface area contributed by atoms with Gasteiger partial charge in [-0.2, -0.15) is 10.4 Å². The van der Waals surface area contributed by atoms with Gasteiger partial charge in [-0.05, 0) is 43.2 Å². The maximum atomic E-state index is 13.0. The molecule has 3 aromatic rings. The molecule has 0 unspecified atom stereocenters. The van der Waals surface area contributed by atoms with Gasteiger partial charge in [0.2, 0.25) is 0 Å². The van der Waals surface area contributed by atoms with E-state index >= 15 is 0 Å². The number of rotatable bonds is 10. The van der Waals surface area contributed by atoms with Crippen LogP contribution in [0.5, 0.6) is 5.75 Å². The van der Waals surface area contributed by atoms with Gasteiger partial charge in [0, 0.05) is 24.1 Å². The number of anilines is 1. The summed E-state index contributed by atoms with van der Waals surface area (Å²) in [6.45, 7) is 1.68. The number of aliphatic carboxylic acids is 1. The molecule has 10 heteroatoms. The highest BCUT2D eigenvalue weighted by Crippen LogP contribution is 2.24. The van der Waals surface area contributed by atoms with E-state index < -0.39 is 18.4 Å². The molecule has 0 aliphatic heterocycles. The van der Waals surface area contributed by atoms with Crippen molar-refractivity contribution in [3.63, 3.8) is 0 Å². The molecular formula is C24H23N5O5. The van der Waals surface area contributed by atoms with Gasteiger partial charge in [0.15, 0.2) is 12.4 Å². The lowest BCUT2D eigenvalue weighted by Gasteiger charge is -2.11. The number of aromatic nitrogens is 2. The largest absolute Gasteiger partial charge is 0.482 e. The van der Waals surface area contributed by atoms with Crippen LogP contribution in [0.1, 0.15) is 44.7 Å². The van der Waals surface area contributed by atoms with Crippen LogP contribution in [0.2, 0.25) is 0 Å². The highest BCUT2D eigenvalue weighted by Gasteiger charge is 2.20. The number of ether oxygens (including phenoxy) is 1. The average molecular weight is 461 g/mol. The number of hydrogen-bond donors (Lipinski definition) is 3. The van der Waals surface area contributed by atoms with Crippen molar-refractivity contribution >= 4 is 23.5 Å². The monoisotopic (exact) mass is 461 g/mol. The summed E-state index contributed by atoms with van der Waals surface area (Å²) in [6, 6.07) is 13.2. The van der Waals surface area contributed by atoms with E-state index in [1.807, 2.05) is 13.0 Å². The Morgan fingerprint density at radius 2 is 2.00 bits per heavy atom. The first-order valence-electron chi connectivity index (χ1n) is 10.4. The maximum absolute atomic E-state index is 13.0. The first kappa shape index (κ1) is 24.0. The molecule has 3 rings (SSSR count). The van der Waals surface area contributed by atoms with Crippen LogP contribution in [0.15, 0.2) is 48.7 Å². The van der Waals surface area contributed by atoms with Gasteiger partial charge in [0.05, 0.1) is 23.5 Å². The smallest absolute Gasteiger partial charge is 0.341 e. The van der Waals surface area contributed by atoms with E-state index in [1.54, 1.807) is 36.4 Å². The lowest BCUT2D eigenvalue weighted by atomic mass is 10.1. The fourth-order valence-corrected chi connectivity index (χ4v) is 3.20. The summed E-state index contributed by atoms with van der Waals surface area (Å²) in [5.74, 6) is -1.50. The minimum Gasteiger partial charge on any atom is -0.482 e. The van der Waals surface area contributed by atoms with E-state index in [0.717, 1.165) is 5.56 Å². The third-order valence-electron chi connectivity index (χ3n) is 4.96. The number of nitrogen functional groups attached to an aromatic ring is 1. The Labute approximate surface area is 195 Å². The highest BCUT2D eigenvalue weighted by molar-refractivity contribution is 6.11. The summed E-state index contributed by atoms with van der Waals surface area (Å²) >= 11 is 0. The van der Waals surface area contributed by atoms with E-state index in [4.69, 9.17) is 20.8 Å². The Hall–Kier alpha value is -4.65. The molecule has 34 heavy (non-hydrogen) atoms. The zero-order chi connectivity index (χ0) is 24.7. The van der Waals surface area contributed by atoms with Crippen molar-refractivity contribution in [1.82, 2.24) is 15.1 Å². The summed E-state index contributed by atoms with van der Waals surface area (Å²) in [6.07, 6.45) is 2.26. The Morgan fingerprint density at radius 1 is 1.21 bits per heavy atom. The van der Waals surface area contributed by atoms with Crippen LogP contribution in [0.4, 0.5) is 5.82 Å². The van der Waals surface area contributed by atoms with Crippen molar-refractivity contribution in [2.45, 2.75) is 19.8 Å². The minimum atomic E-state index is -1.13. The van der Waals surface area contributed by atoms with E-state index in [1.165, 1.54) is 16.9 Å². The molecule has 1 aromatic heterocycles. The SMILES string of the molecule is Cc1ccc(C(=O)NCCCC#N)cc1-n1ncc(C(=O)c2cccc(OCC(=O)O)c2)c1N. The average Bonchev–Trinajstić information content (AvgIpc) is 3.21. The number of carbonyl (C=O) groups excluding carboxylic acids is 2. The van der Waals surface area contributed by atoms with Crippen LogP contribution in [0.25, 0.3) is 5.69 Å². The Morgan fingerprint density at radius 3 is 2.74 bits per heavy atom. The first-order valence-corrected chi connectivity index (χ1v) is 10.4. The number of nitrogens with zero attached hydrogens (tertiary/aromatic N) is 3. The van der Waals surface area contributed by atoms with Crippen molar-refractivity contribution < 1.29 is 24.2 Å². The Kier molecular flexibility index (Phi) is 7.61. The number of benzene rings is 2. The van der Waals surface area contributed by atoms with E-state index in [9.17, 15) is 14.4 Å². The number of unbranched alkanes of at least 4 members (excludes halogenated alkanes) is 1. The number of ketones is 1. The van der Waals surface area contributed by atoms with Gasteiger partial charge in [-0.15, -0.1) is 0 Å². The van der Waals surface area contributed by atoms with Crippen LogP contribution in [-0.4, -0.2) is 45.7 Å². The fraction of sp³-hybridized carbons (Fsp3) is 0.208. The molecule has 0 atom stereocenters. The fourth-order valence-electron chi connectivity index (χ4n) is 3.20. The molecule has 4 N–H and O–H groups in total. The number of amides is 1.